The summed E-state index contributed by atoms with van der Waals surface area (Å²) in [6.07, 6.45) is 0. The van der Waals surface area contributed by atoms with E-state index < -0.39 is 18.5 Å². The lowest BCUT2D eigenvalue weighted by atomic mass is 9.99. The normalized spacial score (nSPS) is 10.6. The molecule has 0 unspecified atom stereocenters. The van der Waals surface area contributed by atoms with Crippen LogP contribution in [0.15, 0.2) is 70.8 Å². The van der Waals surface area contributed by atoms with Crippen LogP contribution in [0.5, 0.6) is 0 Å². The predicted molar refractivity (Wildman–Crippen MR) is 107 cm³/mol. The van der Waals surface area contributed by atoms with Gasteiger partial charge in [0.05, 0.1) is 6.04 Å². The number of ether oxygens (including phenoxy) is 1. The van der Waals surface area contributed by atoms with Crippen molar-refractivity contribution in [2.45, 2.75) is 19.5 Å². The number of carbonyl (C=O) groups is 2. The minimum Gasteiger partial charge on any atom is -0.454 e. The van der Waals surface area contributed by atoms with E-state index in [1.807, 2.05) is 60.7 Å². The Morgan fingerprint density at radius 2 is 1.61 bits per heavy atom. The van der Waals surface area contributed by atoms with Gasteiger partial charge in [0.2, 0.25) is 0 Å². The molecule has 0 bridgehead atoms. The molecule has 0 saturated carbocycles. The van der Waals surface area contributed by atoms with Gasteiger partial charge in [0, 0.05) is 11.1 Å². The molecule has 7 heteroatoms. The molecular formula is C21H20N2O4S. The van der Waals surface area contributed by atoms with Crippen molar-refractivity contribution in [3.63, 3.8) is 0 Å². The van der Waals surface area contributed by atoms with E-state index in [-0.39, 0.29) is 17.5 Å². The molecule has 0 aliphatic carbocycles. The zero-order valence-electron chi connectivity index (χ0n) is 15.3. The summed E-state index contributed by atoms with van der Waals surface area (Å²) >= 11 is 1.02. The van der Waals surface area contributed by atoms with Gasteiger partial charge in [0.15, 0.2) is 6.61 Å². The van der Waals surface area contributed by atoms with E-state index in [1.165, 1.54) is 4.57 Å². The quantitative estimate of drug-likeness (QED) is 0.623. The number of carbonyl (C=O) groups excluding carboxylic acids is 2. The number of nitrogens with one attached hydrogen (secondary N) is 1. The average molecular weight is 396 g/mol. The Hall–Kier alpha value is -3.19. The summed E-state index contributed by atoms with van der Waals surface area (Å²) < 4.78 is 6.37. The summed E-state index contributed by atoms with van der Waals surface area (Å²) in [5, 5.41) is 4.58. The zero-order valence-corrected chi connectivity index (χ0v) is 16.1. The first-order valence-corrected chi connectivity index (χ1v) is 9.62. The molecule has 0 aliphatic rings. The Bertz CT molecular complexity index is 957. The van der Waals surface area contributed by atoms with Crippen LogP contribution in [0.3, 0.4) is 0 Å². The minimum atomic E-state index is -0.630. The Labute approximate surface area is 166 Å². The van der Waals surface area contributed by atoms with Gasteiger partial charge in [-0.05, 0) is 18.1 Å². The molecule has 1 N–H and O–H groups in total. The molecule has 0 radical (unpaired) electrons. The van der Waals surface area contributed by atoms with E-state index in [2.05, 4.69) is 5.32 Å². The van der Waals surface area contributed by atoms with E-state index in [4.69, 9.17) is 4.74 Å². The van der Waals surface area contributed by atoms with Gasteiger partial charge in [-0.25, -0.2) is 0 Å². The molecule has 0 saturated heterocycles. The van der Waals surface area contributed by atoms with Gasteiger partial charge < -0.3 is 10.1 Å². The van der Waals surface area contributed by atoms with E-state index in [1.54, 1.807) is 12.3 Å². The molecule has 3 rings (SSSR count). The summed E-state index contributed by atoms with van der Waals surface area (Å²) in [6.45, 7) is 1.12. The van der Waals surface area contributed by atoms with E-state index in [9.17, 15) is 14.4 Å². The Kier molecular flexibility index (Phi) is 6.39. The highest BCUT2D eigenvalue weighted by atomic mass is 32.1. The van der Waals surface area contributed by atoms with Gasteiger partial charge in [-0.1, -0.05) is 72.0 Å². The highest BCUT2D eigenvalue weighted by molar-refractivity contribution is 7.07. The fraction of sp³-hybridized carbons (Fsp3) is 0.190. The largest absolute Gasteiger partial charge is 0.454 e. The van der Waals surface area contributed by atoms with Crippen LogP contribution in [0.4, 0.5) is 0 Å². The zero-order chi connectivity index (χ0) is 19.9. The fourth-order valence-electron chi connectivity index (χ4n) is 2.77. The average Bonchev–Trinajstić information content (AvgIpc) is 3.04. The highest BCUT2D eigenvalue weighted by Crippen LogP contribution is 2.21. The van der Waals surface area contributed by atoms with Gasteiger partial charge in [-0.15, -0.1) is 0 Å². The van der Waals surface area contributed by atoms with Gasteiger partial charge in [0.1, 0.15) is 6.54 Å². The maximum Gasteiger partial charge on any atom is 0.326 e. The second-order valence-corrected chi connectivity index (χ2v) is 7.03. The molecule has 2 aromatic carbocycles. The van der Waals surface area contributed by atoms with Gasteiger partial charge in [-0.3, -0.25) is 19.0 Å². The fourth-order valence-corrected chi connectivity index (χ4v) is 3.50. The third-order valence-electron chi connectivity index (χ3n) is 4.20. The first kappa shape index (κ1) is 19.6. The lowest BCUT2D eigenvalue weighted by Crippen LogP contribution is -2.34. The Morgan fingerprint density at radius 1 is 1.04 bits per heavy atom. The second-order valence-electron chi connectivity index (χ2n) is 6.21. The van der Waals surface area contributed by atoms with Crippen molar-refractivity contribution >= 4 is 23.2 Å². The molecule has 0 aliphatic heterocycles. The number of hydrogen-bond donors (Lipinski definition) is 1. The molecular weight excluding hydrogens is 376 g/mol. The molecule has 3 aromatic rings. The number of benzene rings is 2. The maximum absolute atomic E-state index is 12.4. The van der Waals surface area contributed by atoms with Crippen LogP contribution in [0, 0.1) is 6.92 Å². The van der Waals surface area contributed by atoms with Crippen LogP contribution >= 0.6 is 11.3 Å². The first-order chi connectivity index (χ1) is 13.5. The van der Waals surface area contributed by atoms with Crippen LogP contribution < -0.4 is 10.2 Å². The van der Waals surface area contributed by atoms with Gasteiger partial charge >= 0.3 is 10.8 Å². The first-order valence-electron chi connectivity index (χ1n) is 8.74. The number of esters is 1. The number of amides is 1. The van der Waals surface area contributed by atoms with Crippen molar-refractivity contribution in [3.05, 3.63) is 92.5 Å². The molecule has 0 fully saturated rings. The standard InChI is InChI=1S/C21H20N2O4S/c1-15-14-28-21(26)23(15)12-19(25)27-13-18(24)22-20(16-8-4-2-5-9-16)17-10-6-3-7-11-17/h2-11,14,20H,12-13H2,1H3,(H,22,24). The van der Waals surface area contributed by atoms with Crippen LogP contribution in [-0.4, -0.2) is 23.1 Å². The molecule has 1 heterocycles. The van der Waals surface area contributed by atoms with Crippen molar-refractivity contribution in [1.29, 1.82) is 0 Å². The summed E-state index contributed by atoms with van der Waals surface area (Å²) in [5.74, 6) is -1.05. The van der Waals surface area contributed by atoms with Crippen molar-refractivity contribution in [1.82, 2.24) is 9.88 Å². The Morgan fingerprint density at radius 3 is 2.11 bits per heavy atom. The van der Waals surface area contributed by atoms with E-state index in [0.717, 1.165) is 22.5 Å². The van der Waals surface area contributed by atoms with E-state index in [0.29, 0.717) is 5.69 Å². The van der Waals surface area contributed by atoms with E-state index >= 15 is 0 Å². The summed E-state index contributed by atoms with van der Waals surface area (Å²) in [6, 6.07) is 18.8. The third-order valence-corrected chi connectivity index (χ3v) is 5.08. The van der Waals surface area contributed by atoms with Gasteiger partial charge in [0.25, 0.3) is 5.91 Å². The summed E-state index contributed by atoms with van der Waals surface area (Å²) in [7, 11) is 0. The molecule has 144 valence electrons. The number of aromatic nitrogens is 1. The summed E-state index contributed by atoms with van der Waals surface area (Å²) in [5.41, 5.74) is 2.53. The predicted octanol–water partition coefficient (Wildman–Crippen LogP) is 2.67. The van der Waals surface area contributed by atoms with Crippen molar-refractivity contribution in [2.24, 2.45) is 0 Å². The van der Waals surface area contributed by atoms with Crippen LogP contribution in [0.25, 0.3) is 0 Å². The highest BCUT2D eigenvalue weighted by Gasteiger charge is 2.18. The molecule has 28 heavy (non-hydrogen) atoms. The number of thiazole rings is 1. The second kappa shape index (κ2) is 9.14. The number of nitrogens with zero attached hydrogens (tertiary/aromatic N) is 1. The molecule has 6 nitrogen and oxygen atoms in total. The van der Waals surface area contributed by atoms with Crippen molar-refractivity contribution in [3.8, 4) is 0 Å². The number of aryl methyl sites for hydroxylation is 1. The van der Waals surface area contributed by atoms with Crippen LogP contribution in [0.2, 0.25) is 0 Å². The smallest absolute Gasteiger partial charge is 0.326 e. The van der Waals surface area contributed by atoms with Crippen LogP contribution in [-0.2, 0) is 20.9 Å². The topological polar surface area (TPSA) is 77.4 Å². The molecule has 0 atom stereocenters. The van der Waals surface area contributed by atoms with Crippen LogP contribution in [0.1, 0.15) is 22.9 Å². The Balaban J connectivity index is 1.63. The third kappa shape index (κ3) is 4.95. The summed E-state index contributed by atoms with van der Waals surface area (Å²) in [4.78, 5) is 35.8. The SMILES string of the molecule is Cc1csc(=O)n1CC(=O)OCC(=O)NC(c1ccccc1)c1ccccc1. The molecule has 1 aromatic heterocycles. The lowest BCUT2D eigenvalue weighted by Gasteiger charge is -2.20. The van der Waals surface area contributed by atoms with Crippen molar-refractivity contribution in [2.75, 3.05) is 6.61 Å². The number of hydrogen-bond acceptors (Lipinski definition) is 5. The lowest BCUT2D eigenvalue weighted by molar-refractivity contribution is -0.149. The molecule has 1 amide bonds. The monoisotopic (exact) mass is 396 g/mol. The van der Waals surface area contributed by atoms with Crippen molar-refractivity contribution < 1.29 is 14.3 Å². The number of rotatable bonds is 7. The minimum absolute atomic E-state index is 0.206. The maximum atomic E-state index is 12.4. The molecule has 0 spiro atoms. The van der Waals surface area contributed by atoms with Gasteiger partial charge in [-0.2, -0.15) is 0 Å².